The molecule has 0 amide bonds. The normalized spacial score (nSPS) is 14.3. The topological polar surface area (TPSA) is 48.4 Å². The highest BCUT2D eigenvalue weighted by atomic mass is 16.5. The fourth-order valence-corrected chi connectivity index (χ4v) is 2.62. The van der Waals surface area contributed by atoms with Crippen molar-refractivity contribution >= 4 is 16.7 Å². The van der Waals surface area contributed by atoms with Crippen molar-refractivity contribution in [2.24, 2.45) is 0 Å². The predicted molar refractivity (Wildman–Crippen MR) is 72.1 cm³/mol. The molecule has 0 N–H and O–H groups in total. The number of nitrogens with zero attached hydrogens (tertiary/aromatic N) is 1. The number of Topliss-reactive ketones (excluding diaryl/α,β-unsaturated/α-hetero) is 1. The van der Waals surface area contributed by atoms with Gasteiger partial charge in [0.15, 0.2) is 5.78 Å². The summed E-state index contributed by atoms with van der Waals surface area (Å²) in [7, 11) is 3.26. The Bertz CT molecular complexity index is 664. The van der Waals surface area contributed by atoms with Crippen LogP contribution < -0.4 is 9.47 Å². The molecule has 0 spiro atoms. The first-order chi connectivity index (χ1) is 9.24. The number of rotatable bonds is 2. The zero-order valence-corrected chi connectivity index (χ0v) is 11.0. The van der Waals surface area contributed by atoms with Gasteiger partial charge in [0.05, 0.1) is 19.7 Å². The first-order valence-electron chi connectivity index (χ1n) is 6.32. The molecule has 0 bridgehead atoms. The summed E-state index contributed by atoms with van der Waals surface area (Å²) >= 11 is 0. The minimum atomic E-state index is 0.109. The summed E-state index contributed by atoms with van der Waals surface area (Å²) < 4.78 is 10.8. The molecule has 3 rings (SSSR count). The molecule has 19 heavy (non-hydrogen) atoms. The molecule has 1 aromatic heterocycles. The molecule has 1 aliphatic rings. The average molecular weight is 257 g/mol. The maximum absolute atomic E-state index is 12.0. The van der Waals surface area contributed by atoms with Crippen molar-refractivity contribution in [2.45, 2.75) is 19.3 Å². The number of carbonyl (C=O) groups is 1. The molecule has 1 heterocycles. The van der Waals surface area contributed by atoms with Crippen LogP contribution in [0, 0.1) is 0 Å². The second kappa shape index (κ2) is 4.53. The minimum Gasteiger partial charge on any atom is -0.497 e. The summed E-state index contributed by atoms with van der Waals surface area (Å²) in [5, 5.41) is 0.898. The second-order valence-corrected chi connectivity index (χ2v) is 4.63. The van der Waals surface area contributed by atoms with E-state index >= 15 is 0 Å². The van der Waals surface area contributed by atoms with Crippen LogP contribution in [0.4, 0.5) is 0 Å². The summed E-state index contributed by atoms with van der Waals surface area (Å²) in [5.74, 6) is 1.62. The maximum Gasteiger partial charge on any atom is 0.181 e. The zero-order chi connectivity index (χ0) is 13.4. The van der Waals surface area contributed by atoms with Gasteiger partial charge in [0, 0.05) is 17.4 Å². The fraction of sp³-hybridized carbons (Fsp3) is 0.333. The molecule has 0 aliphatic heterocycles. The highest BCUT2D eigenvalue weighted by molar-refractivity contribution is 6.01. The monoisotopic (exact) mass is 257 g/mol. The van der Waals surface area contributed by atoms with Crippen LogP contribution in [0.15, 0.2) is 18.2 Å². The van der Waals surface area contributed by atoms with E-state index in [1.54, 1.807) is 14.2 Å². The van der Waals surface area contributed by atoms with E-state index in [9.17, 15) is 4.79 Å². The highest BCUT2D eigenvalue weighted by Gasteiger charge is 2.24. The van der Waals surface area contributed by atoms with Gasteiger partial charge in [0.2, 0.25) is 0 Å². The van der Waals surface area contributed by atoms with Crippen molar-refractivity contribution in [2.75, 3.05) is 14.2 Å². The molecule has 0 saturated heterocycles. The lowest BCUT2D eigenvalue weighted by molar-refractivity contribution is 0.0967. The third kappa shape index (κ3) is 1.84. The van der Waals surface area contributed by atoms with Gasteiger partial charge in [-0.15, -0.1) is 0 Å². The molecule has 0 radical (unpaired) electrons. The van der Waals surface area contributed by atoms with E-state index in [-0.39, 0.29) is 5.78 Å². The van der Waals surface area contributed by atoms with E-state index in [4.69, 9.17) is 9.47 Å². The molecule has 0 atom stereocenters. The third-order valence-electron chi connectivity index (χ3n) is 3.54. The van der Waals surface area contributed by atoms with Crippen LogP contribution in [0.2, 0.25) is 0 Å². The molecule has 98 valence electrons. The lowest BCUT2D eigenvalue weighted by atomic mass is 9.92. The van der Waals surface area contributed by atoms with Gasteiger partial charge in [0.1, 0.15) is 17.2 Å². The highest BCUT2D eigenvalue weighted by Crippen LogP contribution is 2.36. The van der Waals surface area contributed by atoms with Crippen molar-refractivity contribution in [1.29, 1.82) is 0 Å². The zero-order valence-electron chi connectivity index (χ0n) is 11.0. The SMILES string of the molecule is COc1ccc2nc3c(c(OC)c2c1)CCCC3=O. The van der Waals surface area contributed by atoms with Crippen LogP contribution >= 0.6 is 0 Å². The van der Waals surface area contributed by atoms with Crippen LogP contribution in [0.25, 0.3) is 10.9 Å². The fourth-order valence-electron chi connectivity index (χ4n) is 2.62. The predicted octanol–water partition coefficient (Wildman–Crippen LogP) is 2.77. The van der Waals surface area contributed by atoms with Gasteiger partial charge in [-0.3, -0.25) is 4.79 Å². The average Bonchev–Trinajstić information content (AvgIpc) is 2.45. The Kier molecular flexibility index (Phi) is 2.85. The van der Waals surface area contributed by atoms with Gasteiger partial charge in [0.25, 0.3) is 0 Å². The van der Waals surface area contributed by atoms with Crippen LogP contribution in [0.5, 0.6) is 11.5 Å². The number of aromatic nitrogens is 1. The number of ether oxygens (including phenoxy) is 2. The van der Waals surface area contributed by atoms with Crippen LogP contribution in [0.1, 0.15) is 28.9 Å². The number of carbonyl (C=O) groups excluding carboxylic acids is 1. The Morgan fingerprint density at radius 3 is 2.74 bits per heavy atom. The lowest BCUT2D eigenvalue weighted by Gasteiger charge is -2.19. The molecule has 2 aromatic rings. The van der Waals surface area contributed by atoms with Crippen LogP contribution in [0.3, 0.4) is 0 Å². The quantitative estimate of drug-likeness (QED) is 0.830. The standard InChI is InChI=1S/C15H15NO3/c1-18-9-6-7-12-11(8-9)15(19-2)10-4-3-5-13(17)14(10)16-12/h6-8H,3-5H2,1-2H3. The number of hydrogen-bond donors (Lipinski definition) is 0. The van der Waals surface area contributed by atoms with Crippen molar-refractivity contribution < 1.29 is 14.3 Å². The van der Waals surface area contributed by atoms with Gasteiger partial charge in [-0.25, -0.2) is 4.98 Å². The summed E-state index contributed by atoms with van der Waals surface area (Å²) in [6.45, 7) is 0. The first-order valence-corrected chi connectivity index (χ1v) is 6.32. The van der Waals surface area contributed by atoms with Gasteiger partial charge in [-0.2, -0.15) is 0 Å². The number of ketones is 1. The van der Waals surface area contributed by atoms with E-state index in [0.717, 1.165) is 40.8 Å². The third-order valence-corrected chi connectivity index (χ3v) is 3.54. The number of methoxy groups -OCH3 is 2. The molecule has 4 heteroatoms. The minimum absolute atomic E-state index is 0.109. The number of benzene rings is 1. The Labute approximate surface area is 111 Å². The molecular weight excluding hydrogens is 242 g/mol. The summed E-state index contributed by atoms with van der Waals surface area (Å²) in [5.41, 5.74) is 2.27. The summed E-state index contributed by atoms with van der Waals surface area (Å²) in [6.07, 6.45) is 2.27. The molecule has 4 nitrogen and oxygen atoms in total. The molecule has 0 unspecified atom stereocenters. The van der Waals surface area contributed by atoms with E-state index in [1.165, 1.54) is 0 Å². The summed E-state index contributed by atoms with van der Waals surface area (Å²) in [6, 6.07) is 5.61. The molecular formula is C15H15NO3. The largest absolute Gasteiger partial charge is 0.497 e. The van der Waals surface area contributed by atoms with Gasteiger partial charge >= 0.3 is 0 Å². The van der Waals surface area contributed by atoms with E-state index < -0.39 is 0 Å². The molecule has 0 saturated carbocycles. The number of hydrogen-bond acceptors (Lipinski definition) is 4. The Hall–Kier alpha value is -2.10. The van der Waals surface area contributed by atoms with E-state index in [0.29, 0.717) is 12.1 Å². The van der Waals surface area contributed by atoms with Gasteiger partial charge in [-0.05, 0) is 31.0 Å². The Morgan fingerprint density at radius 1 is 1.16 bits per heavy atom. The van der Waals surface area contributed by atoms with Crippen LogP contribution in [-0.2, 0) is 6.42 Å². The Morgan fingerprint density at radius 2 is 2.00 bits per heavy atom. The molecule has 0 fully saturated rings. The molecule has 1 aromatic carbocycles. The lowest BCUT2D eigenvalue weighted by Crippen LogP contribution is -2.14. The van der Waals surface area contributed by atoms with Gasteiger partial charge in [-0.1, -0.05) is 0 Å². The second-order valence-electron chi connectivity index (χ2n) is 4.63. The number of pyridine rings is 1. The Balaban J connectivity index is 2.34. The number of fused-ring (bicyclic) bond motifs is 2. The maximum atomic E-state index is 12.0. The first kappa shape index (κ1) is 12.0. The van der Waals surface area contributed by atoms with Crippen LogP contribution in [-0.4, -0.2) is 25.0 Å². The van der Waals surface area contributed by atoms with Crippen molar-refractivity contribution in [1.82, 2.24) is 4.98 Å². The summed E-state index contributed by atoms with van der Waals surface area (Å²) in [4.78, 5) is 16.5. The smallest absolute Gasteiger partial charge is 0.181 e. The van der Waals surface area contributed by atoms with Crippen molar-refractivity contribution in [3.63, 3.8) is 0 Å². The van der Waals surface area contributed by atoms with E-state index in [1.807, 2.05) is 18.2 Å². The van der Waals surface area contributed by atoms with Gasteiger partial charge < -0.3 is 9.47 Å². The molecule has 1 aliphatic carbocycles. The van der Waals surface area contributed by atoms with Crippen molar-refractivity contribution in [3.05, 3.63) is 29.5 Å². The van der Waals surface area contributed by atoms with E-state index in [2.05, 4.69) is 4.98 Å². The van der Waals surface area contributed by atoms with Crippen molar-refractivity contribution in [3.8, 4) is 11.5 Å².